The molecule has 0 radical (unpaired) electrons. The van der Waals surface area contributed by atoms with Crippen molar-refractivity contribution in [3.8, 4) is 12.3 Å². The van der Waals surface area contributed by atoms with Crippen LogP contribution in [0.1, 0.15) is 23.7 Å². The van der Waals surface area contributed by atoms with E-state index in [-0.39, 0.29) is 12.3 Å². The first-order valence-electron chi connectivity index (χ1n) is 6.17. The molecule has 1 aromatic carbocycles. The van der Waals surface area contributed by atoms with E-state index in [2.05, 4.69) is 21.3 Å². The Morgan fingerprint density at radius 1 is 1.38 bits per heavy atom. The van der Waals surface area contributed by atoms with Crippen molar-refractivity contribution >= 4 is 23.5 Å². The van der Waals surface area contributed by atoms with Gasteiger partial charge in [0, 0.05) is 24.6 Å². The van der Waals surface area contributed by atoms with Crippen LogP contribution in [0.25, 0.3) is 0 Å². The number of amides is 2. The summed E-state index contributed by atoms with van der Waals surface area (Å²) in [7, 11) is 1.22. The summed E-state index contributed by atoms with van der Waals surface area (Å²) in [5.74, 6) is 0.971. The highest BCUT2D eigenvalue weighted by Crippen LogP contribution is 2.11. The Bertz CT molecular complexity index is 590. The minimum Gasteiger partial charge on any atom is -0.467 e. The van der Waals surface area contributed by atoms with Crippen LogP contribution in [0.5, 0.6) is 0 Å². The van der Waals surface area contributed by atoms with Gasteiger partial charge in [0.1, 0.15) is 6.04 Å². The van der Waals surface area contributed by atoms with Gasteiger partial charge in [-0.3, -0.25) is 9.59 Å². The first-order chi connectivity index (χ1) is 9.97. The summed E-state index contributed by atoms with van der Waals surface area (Å²) in [6, 6.07) is 5.43. The van der Waals surface area contributed by atoms with Crippen molar-refractivity contribution in [1.29, 1.82) is 0 Å². The topological polar surface area (TPSA) is 84.5 Å². The maximum absolute atomic E-state index is 12.1. The zero-order chi connectivity index (χ0) is 15.8. The summed E-state index contributed by atoms with van der Waals surface area (Å²) in [5.41, 5.74) is 0.786. The molecule has 2 amide bonds. The van der Waals surface area contributed by atoms with Gasteiger partial charge < -0.3 is 15.4 Å². The average molecular weight is 288 g/mol. The van der Waals surface area contributed by atoms with Gasteiger partial charge in [-0.25, -0.2) is 4.79 Å². The third-order valence-electron chi connectivity index (χ3n) is 2.56. The van der Waals surface area contributed by atoms with E-state index in [9.17, 15) is 14.4 Å². The summed E-state index contributed by atoms with van der Waals surface area (Å²) >= 11 is 0. The molecule has 0 fully saturated rings. The Kier molecular flexibility index (Phi) is 5.96. The van der Waals surface area contributed by atoms with Gasteiger partial charge in [0.25, 0.3) is 5.91 Å². The van der Waals surface area contributed by atoms with Crippen LogP contribution in [0.15, 0.2) is 24.3 Å². The smallest absolute Gasteiger partial charge is 0.329 e. The van der Waals surface area contributed by atoms with Crippen molar-refractivity contribution in [2.75, 3.05) is 12.4 Å². The largest absolute Gasteiger partial charge is 0.467 e. The Morgan fingerprint density at radius 3 is 2.67 bits per heavy atom. The quantitative estimate of drug-likeness (QED) is 0.624. The van der Waals surface area contributed by atoms with Crippen molar-refractivity contribution in [2.45, 2.75) is 19.4 Å². The number of benzene rings is 1. The normalized spacial score (nSPS) is 10.9. The molecule has 0 heterocycles. The number of hydrogen-bond acceptors (Lipinski definition) is 4. The fourth-order valence-corrected chi connectivity index (χ4v) is 1.64. The minimum absolute atomic E-state index is 0.0315. The van der Waals surface area contributed by atoms with E-state index < -0.39 is 17.9 Å². The lowest BCUT2D eigenvalue weighted by Crippen LogP contribution is -2.41. The van der Waals surface area contributed by atoms with Crippen LogP contribution >= 0.6 is 0 Å². The van der Waals surface area contributed by atoms with E-state index in [4.69, 9.17) is 6.42 Å². The number of carbonyl (C=O) groups excluding carboxylic acids is 3. The fraction of sp³-hybridized carbons (Fsp3) is 0.267. The number of terminal acetylenes is 1. The van der Waals surface area contributed by atoms with Gasteiger partial charge in [0.2, 0.25) is 5.91 Å². The molecule has 0 spiro atoms. The molecule has 0 unspecified atom stereocenters. The third kappa shape index (κ3) is 4.99. The minimum atomic E-state index is -0.906. The molecule has 0 saturated heterocycles. The molecule has 0 saturated carbocycles. The number of hydrogen-bond donors (Lipinski definition) is 2. The number of carbonyl (C=O) groups is 3. The molecule has 110 valence electrons. The first kappa shape index (κ1) is 16.2. The zero-order valence-corrected chi connectivity index (χ0v) is 11.8. The van der Waals surface area contributed by atoms with Crippen LogP contribution in [0.3, 0.4) is 0 Å². The highest BCUT2D eigenvalue weighted by molar-refractivity contribution is 5.98. The first-order valence-corrected chi connectivity index (χ1v) is 6.17. The Balaban J connectivity index is 2.85. The number of rotatable bonds is 5. The molecule has 6 heteroatoms. The molecule has 21 heavy (non-hydrogen) atoms. The van der Waals surface area contributed by atoms with Crippen LogP contribution in [0.4, 0.5) is 5.69 Å². The Morgan fingerprint density at radius 2 is 2.10 bits per heavy atom. The summed E-state index contributed by atoms with van der Waals surface area (Å²) in [6.07, 6.45) is 5.19. The number of anilines is 1. The van der Waals surface area contributed by atoms with Crippen molar-refractivity contribution in [3.63, 3.8) is 0 Å². The molecule has 1 atom stereocenters. The number of ether oxygens (including phenoxy) is 1. The SMILES string of the molecule is C#CC[C@H](NC(=O)c1cccc(NC(C)=O)c1)C(=O)OC. The predicted molar refractivity (Wildman–Crippen MR) is 77.5 cm³/mol. The lowest BCUT2D eigenvalue weighted by molar-refractivity contribution is -0.142. The molecule has 2 N–H and O–H groups in total. The standard InChI is InChI=1S/C15H16N2O4/c1-4-6-13(15(20)21-3)17-14(19)11-7-5-8-12(9-11)16-10(2)18/h1,5,7-9,13H,6H2,2-3H3,(H,16,18)(H,17,19)/t13-/m0/s1. The van der Waals surface area contributed by atoms with Gasteiger partial charge in [0.15, 0.2) is 0 Å². The summed E-state index contributed by atoms with van der Waals surface area (Å²) < 4.78 is 4.57. The van der Waals surface area contributed by atoms with Gasteiger partial charge in [0.05, 0.1) is 7.11 Å². The average Bonchev–Trinajstić information content (AvgIpc) is 2.45. The van der Waals surface area contributed by atoms with Crippen molar-refractivity contribution in [3.05, 3.63) is 29.8 Å². The maximum Gasteiger partial charge on any atom is 0.329 e. The summed E-state index contributed by atoms with van der Waals surface area (Å²) in [6.45, 7) is 1.37. The molecule has 0 aliphatic carbocycles. The molecule has 0 aliphatic rings. The Labute approximate surface area is 122 Å². The summed E-state index contributed by atoms with van der Waals surface area (Å²) in [4.78, 5) is 34.6. The Hall–Kier alpha value is -2.81. The second-order valence-corrected chi connectivity index (χ2v) is 4.22. The van der Waals surface area contributed by atoms with E-state index in [0.717, 1.165) is 0 Å². The van der Waals surface area contributed by atoms with Crippen molar-refractivity contribution < 1.29 is 19.1 Å². The number of methoxy groups -OCH3 is 1. The monoisotopic (exact) mass is 288 g/mol. The molecule has 1 aromatic rings. The van der Waals surface area contributed by atoms with E-state index in [1.807, 2.05) is 0 Å². The van der Waals surface area contributed by atoms with Crippen LogP contribution in [-0.2, 0) is 14.3 Å². The fourth-order valence-electron chi connectivity index (χ4n) is 1.64. The van der Waals surface area contributed by atoms with E-state index >= 15 is 0 Å². The van der Waals surface area contributed by atoms with Crippen molar-refractivity contribution in [1.82, 2.24) is 5.32 Å². The molecular weight excluding hydrogens is 272 g/mol. The van der Waals surface area contributed by atoms with Crippen LogP contribution < -0.4 is 10.6 Å². The van der Waals surface area contributed by atoms with Crippen molar-refractivity contribution in [2.24, 2.45) is 0 Å². The number of nitrogens with one attached hydrogen (secondary N) is 2. The highest BCUT2D eigenvalue weighted by atomic mass is 16.5. The van der Waals surface area contributed by atoms with E-state index in [1.165, 1.54) is 20.1 Å². The van der Waals surface area contributed by atoms with Gasteiger partial charge in [-0.05, 0) is 18.2 Å². The second kappa shape index (κ2) is 7.70. The van der Waals surface area contributed by atoms with Gasteiger partial charge in [-0.1, -0.05) is 6.07 Å². The molecular formula is C15H16N2O4. The van der Waals surface area contributed by atoms with E-state index in [1.54, 1.807) is 18.2 Å². The zero-order valence-electron chi connectivity index (χ0n) is 11.8. The molecule has 0 bridgehead atoms. The highest BCUT2D eigenvalue weighted by Gasteiger charge is 2.21. The lowest BCUT2D eigenvalue weighted by atomic mass is 10.1. The molecule has 6 nitrogen and oxygen atoms in total. The molecule has 0 aromatic heterocycles. The van der Waals surface area contributed by atoms with Gasteiger partial charge in [-0.2, -0.15) is 0 Å². The molecule has 0 aliphatic heterocycles. The third-order valence-corrected chi connectivity index (χ3v) is 2.56. The van der Waals surface area contributed by atoms with Gasteiger partial charge >= 0.3 is 5.97 Å². The van der Waals surface area contributed by atoms with Gasteiger partial charge in [-0.15, -0.1) is 12.3 Å². The maximum atomic E-state index is 12.1. The van der Waals surface area contributed by atoms with Crippen LogP contribution in [-0.4, -0.2) is 30.9 Å². The second-order valence-electron chi connectivity index (χ2n) is 4.22. The van der Waals surface area contributed by atoms with E-state index in [0.29, 0.717) is 11.3 Å². The predicted octanol–water partition coefficient (Wildman–Crippen LogP) is 0.940. The number of esters is 1. The molecule has 1 rings (SSSR count). The summed E-state index contributed by atoms with van der Waals surface area (Å²) in [5, 5.41) is 5.07. The lowest BCUT2D eigenvalue weighted by Gasteiger charge is -2.14. The van der Waals surface area contributed by atoms with Crippen LogP contribution in [0, 0.1) is 12.3 Å². The van der Waals surface area contributed by atoms with Crippen LogP contribution in [0.2, 0.25) is 0 Å².